The van der Waals surface area contributed by atoms with Crippen molar-refractivity contribution in [2.24, 2.45) is 0 Å². The first-order valence-corrected chi connectivity index (χ1v) is 4.59. The predicted octanol–water partition coefficient (Wildman–Crippen LogP) is 0.941. The fraction of sp³-hybridized carbons (Fsp3) is 0.500. The summed E-state index contributed by atoms with van der Waals surface area (Å²) in [6.45, 7) is 4.62. The van der Waals surface area contributed by atoms with Crippen molar-refractivity contribution in [2.75, 3.05) is 12.3 Å². The van der Waals surface area contributed by atoms with Gasteiger partial charge in [-0.3, -0.25) is 0 Å². The monoisotopic (exact) mass is 193 g/mol. The lowest BCUT2D eigenvalue weighted by Gasteiger charge is -2.07. The van der Waals surface area contributed by atoms with Gasteiger partial charge in [-0.2, -0.15) is 5.26 Å². The van der Waals surface area contributed by atoms with Crippen LogP contribution in [-0.2, 0) is 6.54 Å². The van der Waals surface area contributed by atoms with Gasteiger partial charge in [0.2, 0.25) is 0 Å². The highest BCUT2D eigenvalue weighted by molar-refractivity contribution is 5.57. The number of nitrogens with zero attached hydrogens (tertiary/aromatic N) is 2. The van der Waals surface area contributed by atoms with Gasteiger partial charge in [-0.1, -0.05) is 0 Å². The maximum absolute atomic E-state index is 8.87. The van der Waals surface area contributed by atoms with Crippen LogP contribution in [0.5, 0.6) is 0 Å². The van der Waals surface area contributed by atoms with Gasteiger partial charge < -0.3 is 15.4 Å². The number of rotatable bonds is 3. The smallest absolute Gasteiger partial charge is 0.122 e. The second-order valence-corrected chi connectivity index (χ2v) is 3.31. The second-order valence-electron chi connectivity index (χ2n) is 3.31. The summed E-state index contributed by atoms with van der Waals surface area (Å²) in [5.41, 5.74) is 8.31. The molecular formula is C10H15N3O. The molecule has 76 valence electrons. The highest BCUT2D eigenvalue weighted by atomic mass is 16.3. The topological polar surface area (TPSA) is 75.0 Å². The summed E-state index contributed by atoms with van der Waals surface area (Å²) in [5.74, 6) is 0.510. The third-order valence-corrected chi connectivity index (χ3v) is 2.52. The van der Waals surface area contributed by atoms with Gasteiger partial charge in [0.1, 0.15) is 11.9 Å². The first kappa shape index (κ1) is 10.6. The Morgan fingerprint density at radius 2 is 2.14 bits per heavy atom. The standard InChI is InChI=1S/C10H15N3O/c1-7-8(2)13(4-3-5-14)10(12)9(7)6-11/h14H,3-5,12H2,1-2H3. The quantitative estimate of drug-likeness (QED) is 0.750. The fourth-order valence-electron chi connectivity index (χ4n) is 1.55. The van der Waals surface area contributed by atoms with Crippen LogP contribution in [0, 0.1) is 25.2 Å². The fourth-order valence-corrected chi connectivity index (χ4v) is 1.55. The molecule has 0 radical (unpaired) electrons. The summed E-state index contributed by atoms with van der Waals surface area (Å²) in [5, 5.41) is 17.6. The maximum atomic E-state index is 8.87. The van der Waals surface area contributed by atoms with E-state index in [-0.39, 0.29) is 6.61 Å². The minimum absolute atomic E-state index is 0.137. The van der Waals surface area contributed by atoms with E-state index in [1.165, 1.54) is 0 Å². The normalized spacial score (nSPS) is 10.1. The van der Waals surface area contributed by atoms with Crippen LogP contribution in [0.4, 0.5) is 5.82 Å². The molecule has 14 heavy (non-hydrogen) atoms. The molecule has 0 aliphatic carbocycles. The zero-order valence-electron chi connectivity index (χ0n) is 8.54. The molecule has 4 nitrogen and oxygen atoms in total. The van der Waals surface area contributed by atoms with E-state index in [1.807, 2.05) is 18.4 Å². The molecule has 0 aromatic carbocycles. The highest BCUT2D eigenvalue weighted by Gasteiger charge is 2.13. The Morgan fingerprint density at radius 3 is 2.57 bits per heavy atom. The van der Waals surface area contributed by atoms with Gasteiger partial charge in [-0.25, -0.2) is 0 Å². The predicted molar refractivity (Wildman–Crippen MR) is 54.7 cm³/mol. The van der Waals surface area contributed by atoms with E-state index in [0.29, 0.717) is 24.3 Å². The third-order valence-electron chi connectivity index (χ3n) is 2.52. The number of anilines is 1. The van der Waals surface area contributed by atoms with Gasteiger partial charge in [-0.15, -0.1) is 0 Å². The number of aliphatic hydroxyl groups is 1. The van der Waals surface area contributed by atoms with E-state index in [2.05, 4.69) is 6.07 Å². The van der Waals surface area contributed by atoms with E-state index >= 15 is 0 Å². The molecule has 0 amide bonds. The summed E-state index contributed by atoms with van der Waals surface area (Å²) in [4.78, 5) is 0. The van der Waals surface area contributed by atoms with E-state index < -0.39 is 0 Å². The molecule has 0 aliphatic rings. The number of hydrogen-bond acceptors (Lipinski definition) is 3. The average Bonchev–Trinajstić information content (AvgIpc) is 2.37. The number of nitriles is 1. The van der Waals surface area contributed by atoms with Crippen LogP contribution in [0.15, 0.2) is 0 Å². The Bertz CT molecular complexity index is 374. The molecule has 0 bridgehead atoms. The molecule has 0 fully saturated rings. The lowest BCUT2D eigenvalue weighted by molar-refractivity contribution is 0.280. The Kier molecular flexibility index (Phi) is 3.15. The Hall–Kier alpha value is -1.47. The molecule has 0 atom stereocenters. The summed E-state index contributed by atoms with van der Waals surface area (Å²) in [6, 6.07) is 2.09. The minimum atomic E-state index is 0.137. The number of hydrogen-bond donors (Lipinski definition) is 2. The van der Waals surface area contributed by atoms with Crippen LogP contribution in [0.25, 0.3) is 0 Å². The molecule has 0 saturated heterocycles. The molecule has 0 saturated carbocycles. The van der Waals surface area contributed by atoms with Crippen molar-refractivity contribution >= 4 is 5.82 Å². The summed E-state index contributed by atoms with van der Waals surface area (Å²) < 4.78 is 1.88. The van der Waals surface area contributed by atoms with Crippen LogP contribution < -0.4 is 5.73 Å². The van der Waals surface area contributed by atoms with Gasteiger partial charge in [0.15, 0.2) is 0 Å². The van der Waals surface area contributed by atoms with Crippen LogP contribution in [-0.4, -0.2) is 16.3 Å². The van der Waals surface area contributed by atoms with Crippen LogP contribution >= 0.6 is 0 Å². The van der Waals surface area contributed by atoms with Crippen molar-refractivity contribution in [3.63, 3.8) is 0 Å². The van der Waals surface area contributed by atoms with Gasteiger partial charge in [0.25, 0.3) is 0 Å². The zero-order chi connectivity index (χ0) is 10.7. The summed E-state index contributed by atoms with van der Waals surface area (Å²) >= 11 is 0. The van der Waals surface area contributed by atoms with Crippen molar-refractivity contribution in [3.8, 4) is 6.07 Å². The van der Waals surface area contributed by atoms with Gasteiger partial charge in [0, 0.05) is 18.8 Å². The molecule has 1 aromatic rings. The number of nitrogens with two attached hydrogens (primary N) is 1. The molecule has 0 unspecified atom stereocenters. The van der Waals surface area contributed by atoms with Crippen molar-refractivity contribution in [3.05, 3.63) is 16.8 Å². The number of nitrogen functional groups attached to an aromatic ring is 1. The Labute approximate surface area is 83.6 Å². The number of aromatic nitrogens is 1. The van der Waals surface area contributed by atoms with Crippen molar-refractivity contribution in [1.29, 1.82) is 5.26 Å². The van der Waals surface area contributed by atoms with Crippen molar-refractivity contribution in [2.45, 2.75) is 26.8 Å². The molecule has 3 N–H and O–H groups in total. The van der Waals surface area contributed by atoms with Gasteiger partial charge >= 0.3 is 0 Å². The first-order chi connectivity index (χ1) is 6.63. The highest BCUT2D eigenvalue weighted by Crippen LogP contribution is 2.23. The van der Waals surface area contributed by atoms with Crippen molar-refractivity contribution in [1.82, 2.24) is 4.57 Å². The largest absolute Gasteiger partial charge is 0.396 e. The Morgan fingerprint density at radius 1 is 1.50 bits per heavy atom. The van der Waals surface area contributed by atoms with E-state index in [1.54, 1.807) is 0 Å². The van der Waals surface area contributed by atoms with Gasteiger partial charge in [-0.05, 0) is 25.8 Å². The minimum Gasteiger partial charge on any atom is -0.396 e. The number of aliphatic hydroxyl groups excluding tert-OH is 1. The van der Waals surface area contributed by atoms with E-state index in [9.17, 15) is 0 Å². The third kappa shape index (κ3) is 1.59. The Balaban J connectivity index is 3.12. The summed E-state index contributed by atoms with van der Waals surface area (Å²) in [6.07, 6.45) is 0.657. The average molecular weight is 193 g/mol. The molecule has 1 heterocycles. The van der Waals surface area contributed by atoms with Crippen LogP contribution in [0.3, 0.4) is 0 Å². The molecule has 1 aromatic heterocycles. The lowest BCUT2D eigenvalue weighted by Crippen LogP contribution is -2.06. The SMILES string of the molecule is Cc1c(C#N)c(N)n(CCCO)c1C. The molecule has 0 spiro atoms. The van der Waals surface area contributed by atoms with Crippen LogP contribution in [0.1, 0.15) is 23.2 Å². The second kappa shape index (κ2) is 4.16. The lowest BCUT2D eigenvalue weighted by atomic mass is 10.2. The van der Waals surface area contributed by atoms with E-state index in [4.69, 9.17) is 16.1 Å². The molecular weight excluding hydrogens is 178 g/mol. The molecule has 0 aliphatic heterocycles. The van der Waals surface area contributed by atoms with Crippen LogP contribution in [0.2, 0.25) is 0 Å². The van der Waals surface area contributed by atoms with Crippen molar-refractivity contribution < 1.29 is 5.11 Å². The zero-order valence-corrected chi connectivity index (χ0v) is 8.54. The summed E-state index contributed by atoms with van der Waals surface area (Å²) in [7, 11) is 0. The molecule has 4 heteroatoms. The molecule has 1 rings (SSSR count). The first-order valence-electron chi connectivity index (χ1n) is 4.59. The van der Waals surface area contributed by atoms with E-state index in [0.717, 1.165) is 11.3 Å². The maximum Gasteiger partial charge on any atom is 0.122 e. The van der Waals surface area contributed by atoms with Gasteiger partial charge in [0.05, 0.1) is 5.56 Å².